The predicted molar refractivity (Wildman–Crippen MR) is 93.0 cm³/mol. The summed E-state index contributed by atoms with van der Waals surface area (Å²) in [5.74, 6) is 0.160. The minimum atomic E-state index is -0.913. The van der Waals surface area contributed by atoms with Gasteiger partial charge in [0.2, 0.25) is 5.91 Å². The normalized spacial score (nSPS) is 19.6. The molecular formula is C17H19N7O2. The molecule has 0 saturated carbocycles. The van der Waals surface area contributed by atoms with Crippen molar-refractivity contribution in [3.8, 4) is 5.69 Å². The van der Waals surface area contributed by atoms with Crippen LogP contribution in [0.25, 0.3) is 5.69 Å². The van der Waals surface area contributed by atoms with Crippen LogP contribution in [0.1, 0.15) is 23.6 Å². The van der Waals surface area contributed by atoms with Crippen LogP contribution in [0.15, 0.2) is 30.6 Å². The molecule has 26 heavy (non-hydrogen) atoms. The maximum atomic E-state index is 12.9. The number of aryl methyl sites for hydroxylation is 1. The Morgan fingerprint density at radius 3 is 2.69 bits per heavy atom. The van der Waals surface area contributed by atoms with Gasteiger partial charge in [-0.25, -0.2) is 4.98 Å². The third-order valence-electron chi connectivity index (χ3n) is 4.88. The molecule has 4 rings (SSSR count). The molecule has 9 nitrogen and oxygen atoms in total. The van der Waals surface area contributed by atoms with Crippen molar-refractivity contribution in [3.05, 3.63) is 47.8 Å². The van der Waals surface area contributed by atoms with Crippen molar-refractivity contribution in [3.63, 3.8) is 0 Å². The third kappa shape index (κ3) is 2.66. The number of amides is 1. The molecule has 0 radical (unpaired) electrons. The zero-order valence-electron chi connectivity index (χ0n) is 14.6. The minimum Gasteiger partial charge on any atom is -0.380 e. The molecule has 0 bridgehead atoms. The second kappa shape index (κ2) is 6.34. The first kappa shape index (κ1) is 16.4. The Labute approximate surface area is 149 Å². The highest BCUT2D eigenvalue weighted by Gasteiger charge is 2.47. The lowest BCUT2D eigenvalue weighted by atomic mass is 9.85. The number of carbonyl (C=O) groups is 1. The topological polar surface area (TPSA) is 111 Å². The van der Waals surface area contributed by atoms with Gasteiger partial charge < -0.3 is 14.6 Å². The summed E-state index contributed by atoms with van der Waals surface area (Å²) in [6, 6.07) is 7.61. The number of aromatic amines is 1. The molecule has 1 aliphatic rings. The van der Waals surface area contributed by atoms with E-state index in [1.165, 1.54) is 0 Å². The summed E-state index contributed by atoms with van der Waals surface area (Å²) >= 11 is 0. The van der Waals surface area contributed by atoms with Gasteiger partial charge in [-0.15, -0.1) is 10.2 Å². The molecule has 1 aromatic carbocycles. The molecule has 9 heteroatoms. The quantitative estimate of drug-likeness (QED) is 0.731. The van der Waals surface area contributed by atoms with Gasteiger partial charge in [0.1, 0.15) is 5.41 Å². The molecule has 3 heterocycles. The van der Waals surface area contributed by atoms with Crippen molar-refractivity contribution in [2.45, 2.75) is 25.7 Å². The molecule has 3 aromatic rings. The van der Waals surface area contributed by atoms with Crippen molar-refractivity contribution < 1.29 is 9.53 Å². The Hall–Kier alpha value is -3.07. The van der Waals surface area contributed by atoms with Gasteiger partial charge in [0.25, 0.3) is 0 Å². The van der Waals surface area contributed by atoms with Gasteiger partial charge in [-0.05, 0) is 44.5 Å². The fraction of sp³-hybridized carbons (Fsp3) is 0.353. The van der Waals surface area contributed by atoms with Crippen molar-refractivity contribution in [2.75, 3.05) is 18.5 Å². The maximum Gasteiger partial charge on any atom is 0.240 e. The summed E-state index contributed by atoms with van der Waals surface area (Å²) in [7, 11) is 0. The number of imidazole rings is 1. The molecule has 2 aromatic heterocycles. The highest BCUT2D eigenvalue weighted by molar-refractivity contribution is 5.99. The molecule has 1 amide bonds. The first-order chi connectivity index (χ1) is 12.6. The first-order valence-corrected chi connectivity index (χ1v) is 8.34. The number of tetrazole rings is 1. The van der Waals surface area contributed by atoms with Crippen LogP contribution in [0.5, 0.6) is 0 Å². The van der Waals surface area contributed by atoms with E-state index in [4.69, 9.17) is 4.74 Å². The third-order valence-corrected chi connectivity index (χ3v) is 4.88. The van der Waals surface area contributed by atoms with Gasteiger partial charge in [0, 0.05) is 23.7 Å². The molecule has 0 spiro atoms. The largest absolute Gasteiger partial charge is 0.380 e. The molecule has 1 unspecified atom stereocenters. The van der Waals surface area contributed by atoms with Gasteiger partial charge in [0.05, 0.1) is 18.6 Å². The van der Waals surface area contributed by atoms with Crippen LogP contribution in [-0.2, 0) is 14.9 Å². The zero-order chi connectivity index (χ0) is 18.1. The number of benzene rings is 1. The van der Waals surface area contributed by atoms with E-state index in [0.29, 0.717) is 24.5 Å². The highest BCUT2D eigenvalue weighted by atomic mass is 16.5. The second-order valence-electron chi connectivity index (χ2n) is 6.41. The van der Waals surface area contributed by atoms with E-state index in [9.17, 15) is 4.79 Å². The number of aromatic nitrogens is 6. The van der Waals surface area contributed by atoms with Gasteiger partial charge in [-0.1, -0.05) is 5.21 Å². The lowest BCUT2D eigenvalue weighted by Gasteiger charge is -2.22. The summed E-state index contributed by atoms with van der Waals surface area (Å²) in [6.07, 6.45) is 2.31. The van der Waals surface area contributed by atoms with Crippen LogP contribution in [0.3, 0.4) is 0 Å². The standard InChI is InChI=1S/C17H19N7O2/c1-11-12(2)24(10-18-11)14-5-3-13(4-6-14)19-16(25)17(7-8-26-9-17)15-20-22-23-21-15/h3-6,10H,7-9H2,1-2H3,(H,19,25)(H,20,21,22,23). The summed E-state index contributed by atoms with van der Waals surface area (Å²) in [5, 5.41) is 16.9. The van der Waals surface area contributed by atoms with E-state index in [1.54, 1.807) is 6.33 Å². The van der Waals surface area contributed by atoms with Crippen molar-refractivity contribution in [1.82, 2.24) is 30.2 Å². The average molecular weight is 353 g/mol. The van der Waals surface area contributed by atoms with Crippen LogP contribution in [0.2, 0.25) is 0 Å². The smallest absolute Gasteiger partial charge is 0.240 e. The minimum absolute atomic E-state index is 0.196. The van der Waals surface area contributed by atoms with Crippen LogP contribution in [-0.4, -0.2) is 49.3 Å². The van der Waals surface area contributed by atoms with Gasteiger partial charge in [-0.3, -0.25) is 4.79 Å². The summed E-state index contributed by atoms with van der Waals surface area (Å²) in [6.45, 7) is 4.72. The zero-order valence-corrected chi connectivity index (χ0v) is 14.6. The molecular weight excluding hydrogens is 334 g/mol. The summed E-state index contributed by atoms with van der Waals surface area (Å²) in [4.78, 5) is 17.2. The summed E-state index contributed by atoms with van der Waals surface area (Å²) in [5.41, 5.74) is 2.84. The number of carbonyl (C=O) groups excluding carboxylic acids is 1. The van der Waals surface area contributed by atoms with Crippen molar-refractivity contribution in [1.29, 1.82) is 0 Å². The highest BCUT2D eigenvalue weighted by Crippen LogP contribution is 2.32. The molecule has 1 aliphatic heterocycles. The van der Waals surface area contributed by atoms with E-state index in [1.807, 2.05) is 42.7 Å². The Kier molecular flexibility index (Phi) is 4.00. The van der Waals surface area contributed by atoms with E-state index < -0.39 is 5.41 Å². The Morgan fingerprint density at radius 2 is 2.12 bits per heavy atom. The number of H-pyrrole nitrogens is 1. The number of ether oxygens (including phenoxy) is 1. The number of anilines is 1. The number of nitrogens with zero attached hydrogens (tertiary/aromatic N) is 5. The SMILES string of the molecule is Cc1ncn(-c2ccc(NC(=O)C3(c4nn[nH]n4)CCOC3)cc2)c1C. The maximum absolute atomic E-state index is 12.9. The number of nitrogens with one attached hydrogen (secondary N) is 2. The Morgan fingerprint density at radius 1 is 1.31 bits per heavy atom. The average Bonchev–Trinajstić information content (AvgIpc) is 3.39. The lowest BCUT2D eigenvalue weighted by Crippen LogP contribution is -2.42. The number of hydrogen-bond donors (Lipinski definition) is 2. The second-order valence-corrected chi connectivity index (χ2v) is 6.41. The molecule has 134 valence electrons. The van der Waals surface area contributed by atoms with Gasteiger partial charge >= 0.3 is 0 Å². The van der Waals surface area contributed by atoms with Gasteiger partial charge in [0.15, 0.2) is 5.82 Å². The predicted octanol–water partition coefficient (Wildman–Crippen LogP) is 1.30. The molecule has 1 atom stereocenters. The number of hydrogen-bond acceptors (Lipinski definition) is 6. The van der Waals surface area contributed by atoms with E-state index >= 15 is 0 Å². The lowest BCUT2D eigenvalue weighted by molar-refractivity contribution is -0.121. The van der Waals surface area contributed by atoms with E-state index in [0.717, 1.165) is 17.1 Å². The first-order valence-electron chi connectivity index (χ1n) is 8.34. The van der Waals surface area contributed by atoms with Crippen molar-refractivity contribution in [2.24, 2.45) is 0 Å². The molecule has 2 N–H and O–H groups in total. The van der Waals surface area contributed by atoms with Crippen molar-refractivity contribution >= 4 is 11.6 Å². The Balaban J connectivity index is 1.55. The monoisotopic (exact) mass is 353 g/mol. The fourth-order valence-electron chi connectivity index (χ4n) is 3.10. The molecule has 1 fully saturated rings. The number of rotatable bonds is 4. The van der Waals surface area contributed by atoms with E-state index in [-0.39, 0.29) is 12.5 Å². The van der Waals surface area contributed by atoms with E-state index in [2.05, 4.69) is 30.9 Å². The molecule has 0 aliphatic carbocycles. The van der Waals surface area contributed by atoms with Crippen LogP contribution in [0.4, 0.5) is 5.69 Å². The van der Waals surface area contributed by atoms with Gasteiger partial charge in [-0.2, -0.15) is 5.21 Å². The van der Waals surface area contributed by atoms with Crippen LogP contribution >= 0.6 is 0 Å². The Bertz CT molecular complexity index is 909. The molecule has 1 saturated heterocycles. The van der Waals surface area contributed by atoms with Crippen LogP contribution in [0, 0.1) is 13.8 Å². The van der Waals surface area contributed by atoms with Crippen LogP contribution < -0.4 is 5.32 Å². The fourth-order valence-corrected chi connectivity index (χ4v) is 3.10. The summed E-state index contributed by atoms with van der Waals surface area (Å²) < 4.78 is 7.45.